The van der Waals surface area contributed by atoms with E-state index in [1.54, 1.807) is 13.8 Å². The number of nitrogens with one attached hydrogen (secondary N) is 1. The molecule has 0 aliphatic heterocycles. The fourth-order valence-corrected chi connectivity index (χ4v) is 2.12. The summed E-state index contributed by atoms with van der Waals surface area (Å²) < 4.78 is 51.5. The van der Waals surface area contributed by atoms with Crippen LogP contribution < -0.4 is 5.32 Å². The van der Waals surface area contributed by atoms with Crippen LogP contribution in [0.1, 0.15) is 44.7 Å². The smallest absolute Gasteiger partial charge is 0.313 e. The molecule has 0 spiro atoms. The molecule has 0 aliphatic rings. The zero-order valence-electron chi connectivity index (χ0n) is 13.1. The molecule has 0 amide bonds. The summed E-state index contributed by atoms with van der Waals surface area (Å²) in [7, 11) is 0. The first-order chi connectivity index (χ1) is 10.0. The number of hydrogen-bond donors (Lipinski definition) is 1. The van der Waals surface area contributed by atoms with Crippen molar-refractivity contribution in [3.05, 3.63) is 35.1 Å². The van der Waals surface area contributed by atoms with Crippen LogP contribution in [0.15, 0.2) is 18.2 Å². The number of benzene rings is 1. The quantitative estimate of drug-likeness (QED) is 0.798. The SMILES string of the molecule is CC(C)NCC(C(=O)C(C)C)c1ccc(C(F)(F)F)c(F)c1. The van der Waals surface area contributed by atoms with Crippen molar-refractivity contribution in [1.29, 1.82) is 0 Å². The molecule has 0 saturated carbocycles. The minimum absolute atomic E-state index is 0.113. The highest BCUT2D eigenvalue weighted by Gasteiger charge is 2.34. The van der Waals surface area contributed by atoms with E-state index in [9.17, 15) is 22.4 Å². The molecule has 22 heavy (non-hydrogen) atoms. The summed E-state index contributed by atoms with van der Waals surface area (Å²) >= 11 is 0. The maximum atomic E-state index is 13.7. The second-order valence-electron chi connectivity index (χ2n) is 5.91. The van der Waals surface area contributed by atoms with Gasteiger partial charge in [-0.25, -0.2) is 4.39 Å². The lowest BCUT2D eigenvalue weighted by molar-refractivity contribution is -0.140. The highest BCUT2D eigenvalue weighted by Crippen LogP contribution is 2.33. The predicted molar refractivity (Wildman–Crippen MR) is 77.1 cm³/mol. The summed E-state index contributed by atoms with van der Waals surface area (Å²) in [4.78, 5) is 12.3. The van der Waals surface area contributed by atoms with Crippen LogP contribution in [-0.2, 0) is 11.0 Å². The Bertz CT molecular complexity index is 523. The highest BCUT2D eigenvalue weighted by atomic mass is 19.4. The van der Waals surface area contributed by atoms with Crippen molar-refractivity contribution in [1.82, 2.24) is 5.32 Å². The van der Waals surface area contributed by atoms with Crippen molar-refractivity contribution < 1.29 is 22.4 Å². The van der Waals surface area contributed by atoms with Gasteiger partial charge in [-0.15, -0.1) is 0 Å². The molecule has 0 aliphatic carbocycles. The zero-order valence-corrected chi connectivity index (χ0v) is 13.1. The van der Waals surface area contributed by atoms with Crippen LogP contribution in [0.3, 0.4) is 0 Å². The minimum atomic E-state index is -4.74. The lowest BCUT2D eigenvalue weighted by atomic mass is 9.88. The second-order valence-corrected chi connectivity index (χ2v) is 5.91. The van der Waals surface area contributed by atoms with Crippen molar-refractivity contribution in [2.75, 3.05) is 6.54 Å². The van der Waals surface area contributed by atoms with E-state index in [1.165, 1.54) is 6.07 Å². The van der Waals surface area contributed by atoms with E-state index in [1.807, 2.05) is 13.8 Å². The van der Waals surface area contributed by atoms with Gasteiger partial charge in [-0.05, 0) is 17.7 Å². The fourth-order valence-electron chi connectivity index (χ4n) is 2.12. The van der Waals surface area contributed by atoms with Crippen molar-refractivity contribution in [2.24, 2.45) is 5.92 Å². The molecule has 0 fully saturated rings. The molecule has 1 N–H and O–H groups in total. The number of alkyl halides is 3. The maximum absolute atomic E-state index is 13.7. The van der Waals surface area contributed by atoms with Crippen LogP contribution in [0.2, 0.25) is 0 Å². The van der Waals surface area contributed by atoms with Crippen molar-refractivity contribution in [2.45, 2.75) is 45.8 Å². The molecule has 2 nitrogen and oxygen atoms in total. The summed E-state index contributed by atoms with van der Waals surface area (Å²) in [6.45, 7) is 7.48. The summed E-state index contributed by atoms with van der Waals surface area (Å²) in [5, 5.41) is 3.08. The number of carbonyl (C=O) groups excluding carboxylic acids is 1. The van der Waals surface area contributed by atoms with Gasteiger partial charge >= 0.3 is 6.18 Å². The Kier molecular flexibility index (Phi) is 6.11. The van der Waals surface area contributed by atoms with Crippen molar-refractivity contribution >= 4 is 5.78 Å². The lowest BCUT2D eigenvalue weighted by Crippen LogP contribution is -2.33. The molecule has 0 bridgehead atoms. The van der Waals surface area contributed by atoms with E-state index in [0.717, 1.165) is 6.07 Å². The van der Waals surface area contributed by atoms with Gasteiger partial charge in [0.05, 0.1) is 11.5 Å². The Morgan fingerprint density at radius 1 is 1.18 bits per heavy atom. The molecule has 0 saturated heterocycles. The number of carbonyl (C=O) groups is 1. The Morgan fingerprint density at radius 3 is 2.18 bits per heavy atom. The first-order valence-electron chi connectivity index (χ1n) is 7.17. The molecule has 1 atom stereocenters. The molecule has 0 heterocycles. The van der Waals surface area contributed by atoms with Gasteiger partial charge in [0.25, 0.3) is 0 Å². The number of hydrogen-bond acceptors (Lipinski definition) is 2. The number of rotatable bonds is 6. The van der Waals surface area contributed by atoms with Gasteiger partial charge in [0.15, 0.2) is 0 Å². The zero-order chi connectivity index (χ0) is 17.1. The second kappa shape index (κ2) is 7.22. The predicted octanol–water partition coefficient (Wildman–Crippen LogP) is 4.15. The van der Waals surface area contributed by atoms with E-state index in [2.05, 4.69) is 5.32 Å². The normalized spacial score (nSPS) is 13.7. The first kappa shape index (κ1) is 18.6. The molecule has 1 aromatic carbocycles. The van der Waals surface area contributed by atoms with Gasteiger partial charge in [-0.3, -0.25) is 4.79 Å². The molecular weight excluding hydrogens is 298 g/mol. The van der Waals surface area contributed by atoms with E-state index < -0.39 is 23.5 Å². The van der Waals surface area contributed by atoms with Gasteiger partial charge in [-0.1, -0.05) is 33.8 Å². The third-order valence-electron chi connectivity index (χ3n) is 3.34. The molecule has 0 radical (unpaired) electrons. The largest absolute Gasteiger partial charge is 0.419 e. The third-order valence-corrected chi connectivity index (χ3v) is 3.34. The van der Waals surface area contributed by atoms with Crippen LogP contribution >= 0.6 is 0 Å². The Balaban J connectivity index is 3.14. The van der Waals surface area contributed by atoms with Gasteiger partial charge < -0.3 is 5.32 Å². The minimum Gasteiger partial charge on any atom is -0.313 e. The van der Waals surface area contributed by atoms with Crippen LogP contribution in [-0.4, -0.2) is 18.4 Å². The van der Waals surface area contributed by atoms with E-state index in [0.29, 0.717) is 6.07 Å². The standard InChI is InChI=1S/C16H21F4NO/c1-9(2)15(22)12(8-21-10(3)4)11-5-6-13(14(17)7-11)16(18,19)20/h5-7,9-10,12,21H,8H2,1-4H3. The molecule has 6 heteroatoms. The van der Waals surface area contributed by atoms with E-state index in [-0.39, 0.29) is 29.9 Å². The summed E-state index contributed by atoms with van der Waals surface area (Å²) in [5.41, 5.74) is -1.05. The average Bonchev–Trinajstić information content (AvgIpc) is 2.36. The lowest BCUT2D eigenvalue weighted by Gasteiger charge is -2.21. The monoisotopic (exact) mass is 319 g/mol. The number of halogens is 4. The topological polar surface area (TPSA) is 29.1 Å². The molecular formula is C16H21F4NO. The highest BCUT2D eigenvalue weighted by molar-refractivity contribution is 5.87. The summed E-state index contributed by atoms with van der Waals surface area (Å²) in [5.74, 6) is -2.44. The van der Waals surface area contributed by atoms with Crippen LogP contribution in [0.25, 0.3) is 0 Å². The summed E-state index contributed by atoms with van der Waals surface area (Å²) in [6, 6.07) is 2.80. The number of ketones is 1. The van der Waals surface area contributed by atoms with Crippen LogP contribution in [0.4, 0.5) is 17.6 Å². The molecule has 1 aromatic rings. The number of Topliss-reactive ketones (excluding diaryl/α,β-unsaturated/α-hetero) is 1. The molecule has 1 unspecified atom stereocenters. The molecule has 124 valence electrons. The Labute approximate surface area is 127 Å². The van der Waals surface area contributed by atoms with Crippen LogP contribution in [0, 0.1) is 11.7 Å². The summed E-state index contributed by atoms with van der Waals surface area (Å²) in [6.07, 6.45) is -4.74. The Morgan fingerprint density at radius 2 is 1.77 bits per heavy atom. The third kappa shape index (κ3) is 4.80. The van der Waals surface area contributed by atoms with E-state index >= 15 is 0 Å². The molecule has 1 rings (SSSR count). The Hall–Kier alpha value is -1.43. The molecule has 0 aromatic heterocycles. The van der Waals surface area contributed by atoms with Crippen molar-refractivity contribution in [3.8, 4) is 0 Å². The average molecular weight is 319 g/mol. The van der Waals surface area contributed by atoms with Gasteiger partial charge in [0.1, 0.15) is 11.6 Å². The van der Waals surface area contributed by atoms with Crippen molar-refractivity contribution in [3.63, 3.8) is 0 Å². The van der Waals surface area contributed by atoms with Gasteiger partial charge in [0.2, 0.25) is 0 Å². The maximum Gasteiger partial charge on any atom is 0.419 e. The van der Waals surface area contributed by atoms with Crippen LogP contribution in [0.5, 0.6) is 0 Å². The van der Waals surface area contributed by atoms with Gasteiger partial charge in [0, 0.05) is 18.5 Å². The van der Waals surface area contributed by atoms with E-state index in [4.69, 9.17) is 0 Å². The van der Waals surface area contributed by atoms with Gasteiger partial charge in [-0.2, -0.15) is 13.2 Å². The fraction of sp³-hybridized carbons (Fsp3) is 0.562. The first-order valence-corrected chi connectivity index (χ1v) is 7.17.